The normalized spacial score (nSPS) is 16.9. The summed E-state index contributed by atoms with van der Waals surface area (Å²) in [7, 11) is 2.12. The van der Waals surface area contributed by atoms with Gasteiger partial charge in [0.05, 0.1) is 0 Å². The van der Waals surface area contributed by atoms with Crippen molar-refractivity contribution >= 4 is 19.9 Å². The van der Waals surface area contributed by atoms with Gasteiger partial charge in [0.15, 0.2) is 0 Å². The van der Waals surface area contributed by atoms with Gasteiger partial charge in [0.1, 0.15) is 0 Å². The molecule has 0 aromatic rings. The molecular formula is C5H7B2. The number of hydrogen-bond donors (Lipinski definition) is 0. The van der Waals surface area contributed by atoms with Crippen molar-refractivity contribution in [2.24, 2.45) is 0 Å². The predicted octanol–water partition coefficient (Wildman–Crippen LogP) is 0.419. The topological polar surface area (TPSA) is 0 Å². The van der Waals surface area contributed by atoms with Crippen molar-refractivity contribution in [3.05, 3.63) is 11.0 Å². The van der Waals surface area contributed by atoms with Crippen molar-refractivity contribution in [2.75, 3.05) is 0 Å². The summed E-state index contributed by atoms with van der Waals surface area (Å²) in [5.74, 6) is 2.12. The molecule has 33 valence electrons. The van der Waals surface area contributed by atoms with Crippen LogP contribution < -0.4 is 0 Å². The minimum atomic E-state index is 1.39. The zero-order valence-electron chi connectivity index (χ0n) is 4.73. The molecule has 0 atom stereocenters. The Hall–Kier alpha value is -0.260. The third-order valence-corrected chi connectivity index (χ3v) is 1.31. The van der Waals surface area contributed by atoms with Gasteiger partial charge in [-0.3, -0.25) is 0 Å². The van der Waals surface area contributed by atoms with Crippen molar-refractivity contribution in [1.29, 1.82) is 0 Å². The van der Waals surface area contributed by atoms with Crippen LogP contribution in [0.5, 0.6) is 0 Å². The average Bonchev–Trinajstić information content (AvgIpc) is 1.91. The Morgan fingerprint density at radius 2 is 2.14 bits per heavy atom. The van der Waals surface area contributed by atoms with Crippen LogP contribution in [0.1, 0.15) is 13.8 Å². The molecule has 7 heavy (non-hydrogen) atoms. The molecule has 1 aliphatic rings. The van der Waals surface area contributed by atoms with E-state index in [-0.39, 0.29) is 0 Å². The van der Waals surface area contributed by atoms with Crippen LogP contribution in [0.25, 0.3) is 0 Å². The maximum absolute atomic E-state index is 2.12. The molecule has 2 heteroatoms. The van der Waals surface area contributed by atoms with Crippen LogP contribution >= 0.6 is 0 Å². The summed E-state index contributed by atoms with van der Waals surface area (Å²) in [6.45, 7) is 6.31. The summed E-state index contributed by atoms with van der Waals surface area (Å²) in [4.78, 5) is 0. The van der Waals surface area contributed by atoms with Gasteiger partial charge in [-0.25, -0.2) is 0 Å². The first-order valence-electron chi connectivity index (χ1n) is 2.49. The summed E-state index contributed by atoms with van der Waals surface area (Å²) in [6.07, 6.45) is 0. The second-order valence-electron chi connectivity index (χ2n) is 1.89. The SMILES string of the molecule is CC1=C(C)C=B[B]1. The van der Waals surface area contributed by atoms with Crippen molar-refractivity contribution in [2.45, 2.75) is 13.8 Å². The van der Waals surface area contributed by atoms with Crippen molar-refractivity contribution < 1.29 is 0 Å². The van der Waals surface area contributed by atoms with Crippen LogP contribution in [0.15, 0.2) is 11.0 Å². The van der Waals surface area contributed by atoms with Crippen molar-refractivity contribution in [1.82, 2.24) is 0 Å². The molecule has 0 aliphatic carbocycles. The first kappa shape index (κ1) is 4.89. The molecule has 0 bridgehead atoms. The quantitative estimate of drug-likeness (QED) is 0.377. The molecule has 0 nitrogen and oxygen atoms in total. The molecule has 0 saturated heterocycles. The van der Waals surface area contributed by atoms with Crippen molar-refractivity contribution in [3.8, 4) is 0 Å². The van der Waals surface area contributed by atoms with E-state index in [9.17, 15) is 0 Å². The summed E-state index contributed by atoms with van der Waals surface area (Å²) >= 11 is 0. The van der Waals surface area contributed by atoms with Crippen LogP contribution in [-0.4, -0.2) is 19.9 Å². The van der Waals surface area contributed by atoms with E-state index < -0.39 is 0 Å². The summed E-state index contributed by atoms with van der Waals surface area (Å²) in [6, 6.07) is 0. The Bertz CT molecular complexity index is 133. The molecule has 0 aromatic carbocycles. The van der Waals surface area contributed by atoms with Gasteiger partial charge in [-0.05, 0) is 0 Å². The van der Waals surface area contributed by atoms with Crippen LogP contribution in [-0.2, 0) is 0 Å². The molecule has 0 N–H and O–H groups in total. The fourth-order valence-electron chi connectivity index (χ4n) is 0.600. The van der Waals surface area contributed by atoms with Gasteiger partial charge < -0.3 is 0 Å². The Morgan fingerprint density at radius 3 is 2.29 bits per heavy atom. The third-order valence-electron chi connectivity index (χ3n) is 1.31. The summed E-state index contributed by atoms with van der Waals surface area (Å²) < 4.78 is 0. The zero-order chi connectivity index (χ0) is 5.28. The van der Waals surface area contributed by atoms with Gasteiger partial charge >= 0.3 is 44.8 Å². The fraction of sp³-hybridized carbons (Fsp3) is 0.400. The monoisotopic (exact) mass is 89.1 g/mol. The number of rotatable bonds is 0. The van der Waals surface area contributed by atoms with E-state index in [1.54, 1.807) is 0 Å². The van der Waals surface area contributed by atoms with E-state index in [4.69, 9.17) is 0 Å². The Morgan fingerprint density at radius 1 is 1.43 bits per heavy atom. The van der Waals surface area contributed by atoms with Crippen LogP contribution in [0.3, 0.4) is 0 Å². The molecule has 0 aromatic heterocycles. The average molecular weight is 88.7 g/mol. The van der Waals surface area contributed by atoms with Gasteiger partial charge in [0, 0.05) is 0 Å². The predicted molar refractivity (Wildman–Crippen MR) is 35.9 cm³/mol. The second-order valence-corrected chi connectivity index (χ2v) is 1.89. The molecule has 0 unspecified atom stereocenters. The first-order chi connectivity index (χ1) is 3.30. The van der Waals surface area contributed by atoms with Gasteiger partial charge in [-0.1, -0.05) is 0 Å². The van der Waals surface area contributed by atoms with Gasteiger partial charge in [-0.2, -0.15) is 0 Å². The number of allylic oxidation sites excluding steroid dienone is 2. The third kappa shape index (κ3) is 0.846. The van der Waals surface area contributed by atoms with Gasteiger partial charge in [-0.15, -0.1) is 0 Å². The van der Waals surface area contributed by atoms with Crippen LogP contribution in [0, 0.1) is 0 Å². The van der Waals surface area contributed by atoms with Gasteiger partial charge in [0.2, 0.25) is 0 Å². The molecule has 0 saturated carbocycles. The van der Waals surface area contributed by atoms with Crippen LogP contribution in [0.4, 0.5) is 0 Å². The minimum absolute atomic E-state index is 1.39. The van der Waals surface area contributed by atoms with Crippen molar-refractivity contribution in [3.63, 3.8) is 0 Å². The molecule has 0 amide bonds. The maximum atomic E-state index is 2.12. The molecule has 1 heterocycles. The molecular weight excluding hydrogens is 81.7 g/mol. The van der Waals surface area contributed by atoms with E-state index in [1.165, 1.54) is 11.0 Å². The fourth-order valence-corrected chi connectivity index (χ4v) is 0.600. The Labute approximate surface area is 45.7 Å². The van der Waals surface area contributed by atoms with Crippen LogP contribution in [0.2, 0.25) is 0 Å². The molecule has 1 aliphatic heterocycles. The first-order valence-corrected chi connectivity index (χ1v) is 2.49. The van der Waals surface area contributed by atoms with E-state index in [1.807, 2.05) is 0 Å². The Balaban J connectivity index is 2.79. The summed E-state index contributed by atoms with van der Waals surface area (Å²) in [5.41, 5.74) is 2.78. The standard InChI is InChI=1S/C5H7B2/c1-4-3-6-7-5(4)2/h3H,1-2H3. The van der Waals surface area contributed by atoms with Gasteiger partial charge in [0.25, 0.3) is 0 Å². The second kappa shape index (κ2) is 1.69. The Kier molecular flexibility index (Phi) is 1.18. The molecule has 1 radical (unpaired) electrons. The van der Waals surface area contributed by atoms with E-state index in [2.05, 4.69) is 33.8 Å². The van der Waals surface area contributed by atoms with E-state index in [0.29, 0.717) is 0 Å². The summed E-state index contributed by atoms with van der Waals surface area (Å²) in [5, 5.41) is 0. The number of hydrogen-bond acceptors (Lipinski definition) is 0. The zero-order valence-corrected chi connectivity index (χ0v) is 4.73. The molecule has 0 fully saturated rings. The van der Waals surface area contributed by atoms with E-state index in [0.717, 1.165) is 0 Å². The van der Waals surface area contributed by atoms with E-state index >= 15 is 0 Å². The molecule has 0 spiro atoms. The molecule has 1 rings (SSSR count).